The van der Waals surface area contributed by atoms with Gasteiger partial charge in [0.15, 0.2) is 0 Å². The second kappa shape index (κ2) is 3.11. The van der Waals surface area contributed by atoms with Crippen LogP contribution in [0.3, 0.4) is 0 Å². The van der Waals surface area contributed by atoms with Crippen LogP contribution in [-0.4, -0.2) is 5.88 Å². The lowest BCUT2D eigenvalue weighted by Gasteiger charge is -2.16. The second-order valence-electron chi connectivity index (χ2n) is 2.61. The van der Waals surface area contributed by atoms with Gasteiger partial charge in [-0.25, -0.2) is 0 Å². The number of hydrogen-bond acceptors (Lipinski definition) is 3. The van der Waals surface area contributed by atoms with E-state index in [-0.39, 0.29) is 0 Å². The van der Waals surface area contributed by atoms with E-state index in [0.29, 0.717) is 0 Å². The van der Waals surface area contributed by atoms with Crippen molar-refractivity contribution in [2.24, 2.45) is 0 Å². The summed E-state index contributed by atoms with van der Waals surface area (Å²) in [5, 5.41) is 2.08. The first-order valence-corrected chi connectivity index (χ1v) is 4.82. The number of rotatable bonds is 1. The zero-order chi connectivity index (χ0) is 8.39. The summed E-state index contributed by atoms with van der Waals surface area (Å²) in [5.41, 5.74) is 7.75. The molecule has 2 rings (SSSR count). The molecule has 0 saturated heterocycles. The highest BCUT2D eigenvalue weighted by molar-refractivity contribution is 8.02. The van der Waals surface area contributed by atoms with E-state index in [2.05, 4.69) is 16.5 Å². The normalized spacial score (nSPS) is 15.5. The highest BCUT2D eigenvalue weighted by Gasteiger charge is 2.08. The molecular formula is C9H10N2S. The van der Waals surface area contributed by atoms with E-state index in [1.165, 1.54) is 0 Å². The van der Waals surface area contributed by atoms with Gasteiger partial charge in [0.1, 0.15) is 0 Å². The smallest absolute Gasteiger partial charge is 0.0724 e. The summed E-state index contributed by atoms with van der Waals surface area (Å²) >= 11 is 1.78. The van der Waals surface area contributed by atoms with Crippen molar-refractivity contribution < 1.29 is 0 Å². The second-order valence-corrected chi connectivity index (χ2v) is 3.47. The van der Waals surface area contributed by atoms with Crippen LogP contribution < -0.4 is 10.6 Å². The van der Waals surface area contributed by atoms with Gasteiger partial charge in [-0.15, -0.1) is 11.8 Å². The maximum Gasteiger partial charge on any atom is 0.0724 e. The Balaban J connectivity index is 2.33. The average Bonchev–Trinajstić information content (AvgIpc) is 2.57. The molecule has 2 nitrogen and oxygen atoms in total. The number of thioether (sulfide) groups is 1. The Morgan fingerprint density at radius 1 is 1.33 bits per heavy atom. The summed E-state index contributed by atoms with van der Waals surface area (Å²) < 4.78 is 0. The standard InChI is InChI=1S/C9H10N2S/c10-8-3-1-2-4-9(8)11-5-6-12-7-11/h1-6H,7,10H2. The van der Waals surface area contributed by atoms with E-state index in [4.69, 9.17) is 5.73 Å². The SMILES string of the molecule is Nc1ccccc1N1C=CSC1. The van der Waals surface area contributed by atoms with E-state index in [9.17, 15) is 0 Å². The molecule has 0 unspecified atom stereocenters. The number of nitrogens with zero attached hydrogens (tertiary/aromatic N) is 1. The number of nitrogens with two attached hydrogens (primary N) is 1. The molecular weight excluding hydrogens is 168 g/mol. The summed E-state index contributed by atoms with van der Waals surface area (Å²) in [4.78, 5) is 2.14. The zero-order valence-electron chi connectivity index (χ0n) is 6.60. The first kappa shape index (κ1) is 7.55. The van der Waals surface area contributed by atoms with Gasteiger partial charge < -0.3 is 10.6 Å². The van der Waals surface area contributed by atoms with Gasteiger partial charge in [0.25, 0.3) is 0 Å². The average molecular weight is 178 g/mol. The fourth-order valence-electron chi connectivity index (χ4n) is 1.18. The van der Waals surface area contributed by atoms with Gasteiger partial charge >= 0.3 is 0 Å². The molecule has 0 radical (unpaired) electrons. The van der Waals surface area contributed by atoms with E-state index in [0.717, 1.165) is 17.3 Å². The molecule has 62 valence electrons. The quantitative estimate of drug-likeness (QED) is 0.669. The van der Waals surface area contributed by atoms with Crippen molar-refractivity contribution in [3.05, 3.63) is 35.9 Å². The molecule has 0 fully saturated rings. The first-order chi connectivity index (χ1) is 5.88. The van der Waals surface area contributed by atoms with Crippen molar-refractivity contribution in [2.45, 2.75) is 0 Å². The minimum absolute atomic E-state index is 0.838. The third kappa shape index (κ3) is 1.28. The van der Waals surface area contributed by atoms with E-state index in [1.54, 1.807) is 11.8 Å². The lowest BCUT2D eigenvalue weighted by molar-refractivity contribution is 1.19. The fourth-order valence-corrected chi connectivity index (χ4v) is 1.89. The monoisotopic (exact) mass is 178 g/mol. The Morgan fingerprint density at radius 3 is 2.83 bits per heavy atom. The summed E-state index contributed by atoms with van der Waals surface area (Å²) in [6, 6.07) is 7.91. The molecule has 0 amide bonds. The maximum atomic E-state index is 5.82. The number of benzene rings is 1. The van der Waals surface area contributed by atoms with Gasteiger partial charge in [-0.3, -0.25) is 0 Å². The van der Waals surface area contributed by atoms with Gasteiger partial charge in [0.05, 0.1) is 17.3 Å². The van der Waals surface area contributed by atoms with Crippen molar-refractivity contribution >= 4 is 23.1 Å². The van der Waals surface area contributed by atoms with Crippen LogP contribution in [0.15, 0.2) is 35.9 Å². The predicted octanol–water partition coefficient (Wildman–Crippen LogP) is 2.25. The van der Waals surface area contributed by atoms with Crippen LogP contribution in [0.25, 0.3) is 0 Å². The largest absolute Gasteiger partial charge is 0.397 e. The van der Waals surface area contributed by atoms with Gasteiger partial charge in [0, 0.05) is 6.20 Å². The minimum atomic E-state index is 0.838. The van der Waals surface area contributed by atoms with Crippen LogP contribution in [0.5, 0.6) is 0 Å². The summed E-state index contributed by atoms with van der Waals surface area (Å²) in [7, 11) is 0. The molecule has 1 aromatic carbocycles. The van der Waals surface area contributed by atoms with E-state index >= 15 is 0 Å². The van der Waals surface area contributed by atoms with E-state index < -0.39 is 0 Å². The van der Waals surface area contributed by atoms with Crippen molar-refractivity contribution in [3.8, 4) is 0 Å². The van der Waals surface area contributed by atoms with Crippen LogP contribution >= 0.6 is 11.8 Å². The fraction of sp³-hybridized carbons (Fsp3) is 0.111. The molecule has 12 heavy (non-hydrogen) atoms. The maximum absolute atomic E-state index is 5.82. The van der Waals surface area contributed by atoms with Crippen LogP contribution in [-0.2, 0) is 0 Å². The Bertz CT molecular complexity index is 309. The van der Waals surface area contributed by atoms with E-state index in [1.807, 2.05) is 24.3 Å². The van der Waals surface area contributed by atoms with Crippen molar-refractivity contribution in [3.63, 3.8) is 0 Å². The zero-order valence-corrected chi connectivity index (χ0v) is 7.42. The molecule has 1 aromatic rings. The van der Waals surface area contributed by atoms with Crippen molar-refractivity contribution in [2.75, 3.05) is 16.5 Å². The predicted molar refractivity (Wildman–Crippen MR) is 54.9 cm³/mol. The molecule has 2 N–H and O–H groups in total. The van der Waals surface area contributed by atoms with Crippen LogP contribution in [0.1, 0.15) is 0 Å². The van der Waals surface area contributed by atoms with Crippen LogP contribution in [0.2, 0.25) is 0 Å². The molecule has 1 heterocycles. The Hall–Kier alpha value is -1.09. The Kier molecular flexibility index (Phi) is 1.96. The third-order valence-electron chi connectivity index (χ3n) is 1.80. The summed E-state index contributed by atoms with van der Waals surface area (Å²) in [6.45, 7) is 0. The van der Waals surface area contributed by atoms with Gasteiger partial charge in [0.2, 0.25) is 0 Å². The number of anilines is 2. The van der Waals surface area contributed by atoms with Crippen molar-refractivity contribution in [1.29, 1.82) is 0 Å². The number of hydrogen-bond donors (Lipinski definition) is 1. The van der Waals surface area contributed by atoms with Crippen molar-refractivity contribution in [1.82, 2.24) is 0 Å². The molecule has 0 aliphatic carbocycles. The summed E-state index contributed by atoms with van der Waals surface area (Å²) in [6.07, 6.45) is 2.05. The molecule has 1 aliphatic rings. The van der Waals surface area contributed by atoms with Gasteiger partial charge in [-0.2, -0.15) is 0 Å². The van der Waals surface area contributed by atoms with Gasteiger partial charge in [-0.05, 0) is 17.5 Å². The molecule has 0 bridgehead atoms. The summed E-state index contributed by atoms with van der Waals surface area (Å²) in [5.74, 6) is 0.966. The Morgan fingerprint density at radius 2 is 2.17 bits per heavy atom. The molecule has 3 heteroatoms. The lowest BCUT2D eigenvalue weighted by atomic mass is 10.2. The Labute approximate surface area is 76.1 Å². The van der Waals surface area contributed by atoms with Crippen LogP contribution in [0, 0.1) is 0 Å². The number of nitrogen functional groups attached to an aromatic ring is 1. The van der Waals surface area contributed by atoms with Gasteiger partial charge in [-0.1, -0.05) is 12.1 Å². The highest BCUT2D eigenvalue weighted by Crippen LogP contribution is 2.28. The lowest BCUT2D eigenvalue weighted by Crippen LogP contribution is -2.12. The molecule has 1 aliphatic heterocycles. The number of para-hydroxylation sites is 2. The topological polar surface area (TPSA) is 29.3 Å². The minimum Gasteiger partial charge on any atom is -0.397 e. The molecule has 0 atom stereocenters. The third-order valence-corrected chi connectivity index (χ3v) is 2.54. The molecule has 0 spiro atoms. The highest BCUT2D eigenvalue weighted by atomic mass is 32.2. The van der Waals surface area contributed by atoms with Crippen LogP contribution in [0.4, 0.5) is 11.4 Å². The molecule has 0 saturated carbocycles. The molecule has 0 aromatic heterocycles. The first-order valence-electron chi connectivity index (χ1n) is 3.77.